The average molecular weight is 600 g/mol. The molecule has 0 aliphatic carbocycles. The summed E-state index contributed by atoms with van der Waals surface area (Å²) in [5.41, 5.74) is -0.265. The minimum atomic E-state index is -4.48. The lowest BCUT2D eigenvalue weighted by Gasteiger charge is -2.24. The van der Waals surface area contributed by atoms with Gasteiger partial charge in [-0.05, 0) is 75.2 Å². The van der Waals surface area contributed by atoms with Gasteiger partial charge in [-0.15, -0.1) is 0 Å². The van der Waals surface area contributed by atoms with Gasteiger partial charge in [-0.1, -0.05) is 12.1 Å². The largest absolute Gasteiger partial charge is 0.464 e. The van der Waals surface area contributed by atoms with E-state index < -0.39 is 48.2 Å². The fourth-order valence-electron chi connectivity index (χ4n) is 4.46. The van der Waals surface area contributed by atoms with E-state index in [0.717, 1.165) is 0 Å². The van der Waals surface area contributed by atoms with Gasteiger partial charge in [0.05, 0.1) is 23.3 Å². The molecule has 0 radical (unpaired) electrons. The van der Waals surface area contributed by atoms with Crippen molar-refractivity contribution in [2.75, 3.05) is 13.7 Å². The molecule has 0 aliphatic rings. The van der Waals surface area contributed by atoms with E-state index >= 15 is 0 Å². The minimum absolute atomic E-state index is 0.0251. The van der Waals surface area contributed by atoms with Crippen LogP contribution in [0.15, 0.2) is 59.0 Å². The Morgan fingerprint density at radius 2 is 1.67 bits per heavy atom. The first-order valence-electron chi connectivity index (χ1n) is 13.4. The number of hydrogen-bond donors (Lipinski definition) is 2. The molecule has 4 rings (SSSR count). The number of nitrogens with zero attached hydrogens (tertiary/aromatic N) is 1. The van der Waals surface area contributed by atoms with E-state index in [-0.39, 0.29) is 45.9 Å². The van der Waals surface area contributed by atoms with E-state index in [1.807, 2.05) is 0 Å². The number of alkyl halides is 3. The molecular formula is C31H29F4N3O5. The van der Waals surface area contributed by atoms with Crippen LogP contribution in [0.4, 0.5) is 17.6 Å². The summed E-state index contributed by atoms with van der Waals surface area (Å²) in [6.07, 6.45) is -6.17. The van der Waals surface area contributed by atoms with Crippen LogP contribution in [-0.4, -0.2) is 48.1 Å². The number of halogens is 4. The van der Waals surface area contributed by atoms with Crippen LogP contribution < -0.4 is 10.6 Å². The molecule has 0 bridgehead atoms. The van der Waals surface area contributed by atoms with Crippen LogP contribution in [0.1, 0.15) is 53.6 Å². The van der Waals surface area contributed by atoms with Crippen molar-refractivity contribution in [2.24, 2.45) is 0 Å². The van der Waals surface area contributed by atoms with E-state index in [1.165, 1.54) is 63.4 Å². The number of ether oxygens (including phenoxy) is 1. The van der Waals surface area contributed by atoms with Crippen molar-refractivity contribution < 1.29 is 41.1 Å². The number of carbonyl (C=O) groups is 3. The predicted molar refractivity (Wildman–Crippen MR) is 151 cm³/mol. The van der Waals surface area contributed by atoms with Crippen molar-refractivity contribution in [2.45, 2.75) is 45.3 Å². The molecule has 0 unspecified atom stereocenters. The van der Waals surface area contributed by atoms with Gasteiger partial charge >= 0.3 is 12.1 Å². The number of pyridine rings is 1. The summed E-state index contributed by atoms with van der Waals surface area (Å²) >= 11 is 0. The quantitative estimate of drug-likeness (QED) is 0.174. The molecule has 2 aromatic carbocycles. The van der Waals surface area contributed by atoms with Gasteiger partial charge in [0, 0.05) is 30.2 Å². The maximum absolute atomic E-state index is 13.6. The van der Waals surface area contributed by atoms with Crippen LogP contribution in [0.25, 0.3) is 33.6 Å². The molecule has 226 valence electrons. The van der Waals surface area contributed by atoms with Gasteiger partial charge in [0.2, 0.25) is 5.71 Å². The summed E-state index contributed by atoms with van der Waals surface area (Å²) in [5.74, 6) is -2.25. The summed E-state index contributed by atoms with van der Waals surface area (Å²) in [6.45, 7) is 4.73. The van der Waals surface area contributed by atoms with Gasteiger partial charge in [0.25, 0.3) is 11.8 Å². The molecule has 0 fully saturated rings. The van der Waals surface area contributed by atoms with Crippen LogP contribution in [0.5, 0.6) is 0 Å². The van der Waals surface area contributed by atoms with Crippen molar-refractivity contribution in [3.63, 3.8) is 0 Å². The molecule has 12 heteroatoms. The highest BCUT2D eigenvalue weighted by Gasteiger charge is 2.32. The molecule has 2 heterocycles. The fourth-order valence-corrected chi connectivity index (χ4v) is 4.46. The van der Waals surface area contributed by atoms with Crippen molar-refractivity contribution in [1.82, 2.24) is 15.6 Å². The Kier molecular flexibility index (Phi) is 8.88. The molecule has 2 amide bonds. The van der Waals surface area contributed by atoms with Crippen molar-refractivity contribution in [3.8, 4) is 22.5 Å². The molecule has 2 aromatic heterocycles. The number of furan rings is 1. The van der Waals surface area contributed by atoms with Gasteiger partial charge in [-0.25, -0.2) is 14.2 Å². The van der Waals surface area contributed by atoms with Crippen LogP contribution in [-0.2, 0) is 16.0 Å². The predicted octanol–water partition coefficient (Wildman–Crippen LogP) is 6.23. The summed E-state index contributed by atoms with van der Waals surface area (Å²) in [5, 5.41) is 5.34. The number of rotatable bonds is 9. The number of nitrogens with one attached hydrogen (secondary N) is 2. The number of hydrogen-bond acceptors (Lipinski definition) is 6. The molecule has 2 N–H and O–H groups in total. The summed E-state index contributed by atoms with van der Waals surface area (Å²) in [4.78, 5) is 42.8. The van der Waals surface area contributed by atoms with Gasteiger partial charge in [-0.3, -0.25) is 9.59 Å². The van der Waals surface area contributed by atoms with Crippen molar-refractivity contribution >= 4 is 28.9 Å². The van der Waals surface area contributed by atoms with Gasteiger partial charge in [0.1, 0.15) is 17.1 Å². The molecule has 0 atom stereocenters. The molecule has 0 saturated heterocycles. The van der Waals surface area contributed by atoms with E-state index in [9.17, 15) is 31.9 Å². The fraction of sp³-hybridized carbons (Fsp3) is 0.290. The van der Waals surface area contributed by atoms with Gasteiger partial charge in [0.15, 0.2) is 0 Å². The van der Waals surface area contributed by atoms with Crippen molar-refractivity contribution in [1.29, 1.82) is 0 Å². The van der Waals surface area contributed by atoms with E-state index in [2.05, 4.69) is 15.6 Å². The molecule has 8 nitrogen and oxygen atoms in total. The maximum Gasteiger partial charge on any atom is 0.389 e. The number of amides is 2. The first kappa shape index (κ1) is 31.2. The lowest BCUT2D eigenvalue weighted by molar-refractivity contribution is -0.149. The van der Waals surface area contributed by atoms with Crippen LogP contribution >= 0.6 is 0 Å². The molecule has 0 spiro atoms. The Bertz CT molecular complexity index is 1680. The average Bonchev–Trinajstić information content (AvgIpc) is 3.33. The first-order chi connectivity index (χ1) is 20.2. The number of aryl methyl sites for hydroxylation is 1. The second-order valence-electron chi connectivity index (χ2n) is 10.2. The number of benzene rings is 2. The Balaban J connectivity index is 1.87. The minimum Gasteiger partial charge on any atom is -0.464 e. The highest BCUT2D eigenvalue weighted by Crippen LogP contribution is 2.37. The van der Waals surface area contributed by atoms with Gasteiger partial charge < -0.3 is 19.8 Å². The Hall–Kier alpha value is -4.74. The third kappa shape index (κ3) is 7.02. The zero-order valence-electron chi connectivity index (χ0n) is 23.8. The topological polar surface area (TPSA) is 111 Å². The summed E-state index contributed by atoms with van der Waals surface area (Å²) in [7, 11) is 1.40. The zero-order valence-corrected chi connectivity index (χ0v) is 23.8. The standard InChI is InChI=1S/C31H29F4N3O5/c1-5-42-29(41)30(2,3)38-26(39)19-8-6-7-18(15-19)21-16-22-24(27(40)36-4)25(17-9-11-20(32)12-10-17)43-28(22)37-23(21)13-14-31(33,34)35/h6-12,15-16H,5,13-14H2,1-4H3,(H,36,40)(H,38,39). The second-order valence-corrected chi connectivity index (χ2v) is 10.2. The third-order valence-electron chi connectivity index (χ3n) is 6.61. The Morgan fingerprint density at radius 1 is 0.977 bits per heavy atom. The normalized spacial score (nSPS) is 11.8. The smallest absolute Gasteiger partial charge is 0.389 e. The second kappa shape index (κ2) is 12.2. The van der Waals surface area contributed by atoms with E-state index in [0.29, 0.717) is 11.1 Å². The number of esters is 1. The first-order valence-corrected chi connectivity index (χ1v) is 13.4. The lowest BCUT2D eigenvalue weighted by atomic mass is 9.96. The maximum atomic E-state index is 13.6. The Labute approximate surface area is 244 Å². The van der Waals surface area contributed by atoms with Crippen LogP contribution in [0, 0.1) is 5.82 Å². The highest BCUT2D eigenvalue weighted by molar-refractivity contribution is 6.11. The van der Waals surface area contributed by atoms with E-state index in [4.69, 9.17) is 9.15 Å². The highest BCUT2D eigenvalue weighted by atomic mass is 19.4. The van der Waals surface area contributed by atoms with Gasteiger partial charge in [-0.2, -0.15) is 13.2 Å². The van der Waals surface area contributed by atoms with Crippen LogP contribution in [0.3, 0.4) is 0 Å². The van der Waals surface area contributed by atoms with Crippen LogP contribution in [0.2, 0.25) is 0 Å². The lowest BCUT2D eigenvalue weighted by Crippen LogP contribution is -2.50. The number of fused-ring (bicyclic) bond motifs is 1. The molecular weight excluding hydrogens is 570 g/mol. The van der Waals surface area contributed by atoms with E-state index in [1.54, 1.807) is 19.1 Å². The summed E-state index contributed by atoms with van der Waals surface area (Å²) < 4.78 is 64.4. The molecule has 0 aliphatic heterocycles. The third-order valence-corrected chi connectivity index (χ3v) is 6.61. The number of aromatic nitrogens is 1. The SMILES string of the molecule is CCOC(=O)C(C)(C)NC(=O)c1cccc(-c2cc3c(C(=O)NC)c(-c4ccc(F)cc4)oc3nc2CCC(F)(F)F)c1. The monoisotopic (exact) mass is 599 g/mol. The zero-order chi connectivity index (χ0) is 31.5. The molecule has 4 aromatic rings. The number of carbonyl (C=O) groups excluding carboxylic acids is 3. The Morgan fingerprint density at radius 3 is 2.30 bits per heavy atom. The summed E-state index contributed by atoms with van der Waals surface area (Å²) in [6, 6.07) is 12.8. The van der Waals surface area contributed by atoms with Crippen molar-refractivity contribution in [3.05, 3.63) is 77.2 Å². The molecule has 43 heavy (non-hydrogen) atoms. The molecule has 0 saturated carbocycles.